The molecule has 0 unspecified atom stereocenters. The highest BCUT2D eigenvalue weighted by atomic mass is 16.5. The monoisotopic (exact) mass is 461 g/mol. The first-order valence-corrected chi connectivity index (χ1v) is 11.3. The zero-order valence-corrected chi connectivity index (χ0v) is 19.1. The summed E-state index contributed by atoms with van der Waals surface area (Å²) in [6.07, 6.45) is 3.29. The zero-order valence-electron chi connectivity index (χ0n) is 19.1. The minimum atomic E-state index is -0.169. The van der Waals surface area contributed by atoms with Crippen LogP contribution in [0.1, 0.15) is 25.3 Å². The third kappa shape index (κ3) is 4.79. The van der Waals surface area contributed by atoms with Gasteiger partial charge in [-0.3, -0.25) is 9.59 Å². The summed E-state index contributed by atoms with van der Waals surface area (Å²) in [5.74, 6) is 1.30. The highest BCUT2D eigenvalue weighted by Gasteiger charge is 2.44. The summed E-state index contributed by atoms with van der Waals surface area (Å²) in [6, 6.07) is 10.8. The number of imidazole rings is 1. The number of carbonyl (C=O) groups excluding carboxylic acids is 2. The molecular formula is C25H27N5O4. The van der Waals surface area contributed by atoms with E-state index in [9.17, 15) is 9.59 Å². The topological polar surface area (TPSA) is 98.1 Å². The van der Waals surface area contributed by atoms with Gasteiger partial charge in [0.05, 0.1) is 25.8 Å². The Morgan fingerprint density at radius 1 is 1.26 bits per heavy atom. The first-order valence-electron chi connectivity index (χ1n) is 11.3. The molecule has 176 valence electrons. The van der Waals surface area contributed by atoms with Crippen LogP contribution in [0.5, 0.6) is 11.6 Å². The summed E-state index contributed by atoms with van der Waals surface area (Å²) in [7, 11) is 0. The maximum absolute atomic E-state index is 12.6. The molecular weight excluding hydrogens is 434 g/mol. The van der Waals surface area contributed by atoms with Crippen LogP contribution in [0.2, 0.25) is 0 Å². The molecule has 3 aromatic rings. The molecule has 1 spiro atoms. The number of hydrogen-bond donors (Lipinski definition) is 1. The number of carbonyl (C=O) groups is 2. The van der Waals surface area contributed by atoms with E-state index in [4.69, 9.17) is 9.47 Å². The molecule has 2 aliphatic heterocycles. The van der Waals surface area contributed by atoms with Crippen LogP contribution in [0, 0.1) is 5.41 Å². The molecule has 2 aliphatic rings. The van der Waals surface area contributed by atoms with E-state index >= 15 is 0 Å². The minimum Gasteiger partial charge on any atom is -0.438 e. The van der Waals surface area contributed by atoms with Gasteiger partial charge >= 0.3 is 0 Å². The van der Waals surface area contributed by atoms with Crippen molar-refractivity contribution in [3.63, 3.8) is 0 Å². The number of ketones is 1. The number of amides is 1. The molecule has 2 aromatic heterocycles. The van der Waals surface area contributed by atoms with Crippen LogP contribution in [-0.2, 0) is 20.7 Å². The number of nitrogens with one attached hydrogen (secondary N) is 1. The Balaban J connectivity index is 1.20. The zero-order chi connectivity index (χ0) is 23.7. The Hall–Kier alpha value is -3.72. The van der Waals surface area contributed by atoms with Crippen LogP contribution in [0.4, 0.5) is 5.82 Å². The normalized spacial score (nSPS) is 16.4. The van der Waals surface area contributed by atoms with Crippen molar-refractivity contribution in [2.75, 3.05) is 31.6 Å². The predicted octanol–water partition coefficient (Wildman–Crippen LogP) is 3.22. The van der Waals surface area contributed by atoms with Crippen molar-refractivity contribution in [3.8, 4) is 11.6 Å². The Kier molecular flexibility index (Phi) is 5.79. The van der Waals surface area contributed by atoms with Gasteiger partial charge in [-0.15, -0.1) is 5.10 Å². The number of rotatable bonds is 8. The summed E-state index contributed by atoms with van der Waals surface area (Å²) in [4.78, 5) is 30.5. The van der Waals surface area contributed by atoms with Gasteiger partial charge in [-0.2, -0.15) is 0 Å². The molecule has 2 fully saturated rings. The molecule has 34 heavy (non-hydrogen) atoms. The number of aromatic nitrogens is 3. The maximum atomic E-state index is 12.6. The molecule has 0 atom stereocenters. The van der Waals surface area contributed by atoms with Crippen LogP contribution in [0.25, 0.3) is 5.65 Å². The van der Waals surface area contributed by atoms with Gasteiger partial charge in [-0.1, -0.05) is 18.7 Å². The van der Waals surface area contributed by atoms with E-state index in [0.717, 1.165) is 44.0 Å². The fourth-order valence-corrected chi connectivity index (χ4v) is 4.42. The highest BCUT2D eigenvalue weighted by molar-refractivity contribution is 5.91. The standard InChI is InChI=1S/C25H27N5O4/c1-17(29-9-8-25(14-29)15-33-16-25)10-23(32)27-21-13-30-22(26-21)6-7-24(28-30)34-20-5-3-4-19(12-20)11-18(2)31/h3-7,12-13H,1,8-11,14-16H2,2H3,(H,27,32). The summed E-state index contributed by atoms with van der Waals surface area (Å²) < 4.78 is 12.8. The Labute approximate surface area is 197 Å². The van der Waals surface area contributed by atoms with Crippen molar-refractivity contribution < 1.29 is 19.1 Å². The number of benzene rings is 1. The van der Waals surface area contributed by atoms with E-state index in [2.05, 4.69) is 26.9 Å². The number of Topliss-reactive ketones (excluding diaryl/α,β-unsaturated/α-hetero) is 1. The van der Waals surface area contributed by atoms with E-state index in [1.54, 1.807) is 29.8 Å². The predicted molar refractivity (Wildman–Crippen MR) is 126 cm³/mol. The van der Waals surface area contributed by atoms with Gasteiger partial charge in [0.25, 0.3) is 0 Å². The SMILES string of the molecule is C=C(CC(=O)Nc1cn2nc(Oc3cccc(CC(C)=O)c3)ccc2n1)N1CCC2(COC2)C1. The van der Waals surface area contributed by atoms with Gasteiger partial charge < -0.3 is 19.7 Å². The Morgan fingerprint density at radius 2 is 2.12 bits per heavy atom. The quantitative estimate of drug-likeness (QED) is 0.550. The molecule has 9 nitrogen and oxygen atoms in total. The number of likely N-dealkylation sites (tertiary alicyclic amines) is 1. The van der Waals surface area contributed by atoms with Gasteiger partial charge in [0, 0.05) is 36.7 Å². The van der Waals surface area contributed by atoms with E-state index < -0.39 is 0 Å². The highest BCUT2D eigenvalue weighted by Crippen LogP contribution is 2.39. The van der Waals surface area contributed by atoms with E-state index in [1.165, 1.54) is 0 Å². The van der Waals surface area contributed by atoms with Crippen molar-refractivity contribution in [2.45, 2.75) is 26.2 Å². The number of nitrogens with zero attached hydrogens (tertiary/aromatic N) is 4. The Bertz CT molecular complexity index is 1260. The molecule has 1 aromatic carbocycles. The van der Waals surface area contributed by atoms with Crippen molar-refractivity contribution >= 4 is 23.2 Å². The van der Waals surface area contributed by atoms with Gasteiger partial charge in [0.1, 0.15) is 11.5 Å². The van der Waals surface area contributed by atoms with E-state index in [0.29, 0.717) is 29.5 Å². The third-order valence-corrected chi connectivity index (χ3v) is 6.20. The number of hydrogen-bond acceptors (Lipinski definition) is 7. The third-order valence-electron chi connectivity index (χ3n) is 6.20. The largest absolute Gasteiger partial charge is 0.438 e. The van der Waals surface area contributed by atoms with Crippen LogP contribution >= 0.6 is 0 Å². The van der Waals surface area contributed by atoms with Crippen LogP contribution in [0.3, 0.4) is 0 Å². The van der Waals surface area contributed by atoms with Crippen LogP contribution in [-0.4, -0.2) is 57.5 Å². The van der Waals surface area contributed by atoms with Crippen molar-refractivity contribution in [1.82, 2.24) is 19.5 Å². The fourth-order valence-electron chi connectivity index (χ4n) is 4.42. The second-order valence-electron chi connectivity index (χ2n) is 9.18. The first kappa shape index (κ1) is 22.1. The smallest absolute Gasteiger partial charge is 0.237 e. The lowest BCUT2D eigenvalue weighted by Gasteiger charge is -2.38. The number of fused-ring (bicyclic) bond motifs is 1. The molecule has 0 radical (unpaired) electrons. The molecule has 9 heteroatoms. The Morgan fingerprint density at radius 3 is 2.85 bits per heavy atom. The lowest BCUT2D eigenvalue weighted by atomic mass is 9.85. The molecule has 0 bridgehead atoms. The molecule has 5 rings (SSSR count). The maximum Gasteiger partial charge on any atom is 0.237 e. The summed E-state index contributed by atoms with van der Waals surface area (Å²) in [6.45, 7) is 9.07. The second kappa shape index (κ2) is 8.90. The summed E-state index contributed by atoms with van der Waals surface area (Å²) in [5.41, 5.74) is 2.52. The van der Waals surface area contributed by atoms with Gasteiger partial charge in [0.15, 0.2) is 11.5 Å². The molecule has 0 saturated carbocycles. The molecule has 4 heterocycles. The van der Waals surface area contributed by atoms with Gasteiger partial charge in [-0.25, -0.2) is 9.50 Å². The van der Waals surface area contributed by atoms with Crippen molar-refractivity contribution in [1.29, 1.82) is 0 Å². The lowest BCUT2D eigenvalue weighted by Crippen LogP contribution is -2.44. The summed E-state index contributed by atoms with van der Waals surface area (Å²) >= 11 is 0. The van der Waals surface area contributed by atoms with E-state index in [-0.39, 0.29) is 23.5 Å². The lowest BCUT2D eigenvalue weighted by molar-refractivity contribution is -0.117. The molecule has 1 N–H and O–H groups in total. The number of anilines is 1. The van der Waals surface area contributed by atoms with Gasteiger partial charge in [0.2, 0.25) is 11.8 Å². The summed E-state index contributed by atoms with van der Waals surface area (Å²) in [5, 5.41) is 7.25. The minimum absolute atomic E-state index is 0.0885. The first-order chi connectivity index (χ1) is 16.4. The van der Waals surface area contributed by atoms with E-state index in [1.807, 2.05) is 24.3 Å². The fraction of sp³-hybridized carbons (Fsp3) is 0.360. The molecule has 0 aliphatic carbocycles. The van der Waals surface area contributed by atoms with Crippen LogP contribution in [0.15, 0.2) is 54.9 Å². The van der Waals surface area contributed by atoms with Crippen molar-refractivity contribution in [2.24, 2.45) is 5.41 Å². The van der Waals surface area contributed by atoms with Gasteiger partial charge in [-0.05, 0) is 37.1 Å². The average Bonchev–Trinajstić information content (AvgIpc) is 3.37. The van der Waals surface area contributed by atoms with Crippen LogP contribution < -0.4 is 10.1 Å². The molecule has 1 amide bonds. The molecule has 2 saturated heterocycles. The number of ether oxygens (including phenoxy) is 2. The average molecular weight is 462 g/mol. The van der Waals surface area contributed by atoms with Crippen molar-refractivity contribution in [3.05, 3.63) is 60.4 Å². The second-order valence-corrected chi connectivity index (χ2v) is 9.18.